The first-order valence-corrected chi connectivity index (χ1v) is 19.0. The Morgan fingerprint density at radius 1 is 0.983 bits per heavy atom. The number of nitrogens with one attached hydrogen (secondary N) is 1. The molecular formula is C43H43N7O8. The first-order valence-electron chi connectivity index (χ1n) is 19.0. The Morgan fingerprint density at radius 2 is 1.72 bits per heavy atom. The quantitative estimate of drug-likeness (QED) is 0.121. The molecule has 2 unspecified atom stereocenters. The van der Waals surface area contributed by atoms with Crippen LogP contribution in [0, 0.1) is 30.1 Å². The third kappa shape index (κ3) is 8.16. The zero-order chi connectivity index (χ0) is 41.1. The summed E-state index contributed by atoms with van der Waals surface area (Å²) >= 11 is 0. The van der Waals surface area contributed by atoms with Gasteiger partial charge in [-0.3, -0.25) is 19.6 Å². The predicted octanol–water partition coefficient (Wildman–Crippen LogP) is 5.18. The molecule has 5 heterocycles. The van der Waals surface area contributed by atoms with Gasteiger partial charge >= 0.3 is 17.9 Å². The van der Waals surface area contributed by atoms with Crippen LogP contribution in [0.4, 0.5) is 5.82 Å². The van der Waals surface area contributed by atoms with Crippen molar-refractivity contribution in [1.82, 2.24) is 24.8 Å². The number of rotatable bonds is 9. The minimum atomic E-state index is -1.82. The van der Waals surface area contributed by atoms with Gasteiger partial charge in [0.2, 0.25) is 5.89 Å². The molecule has 1 aliphatic carbocycles. The number of β-amino-alcohol motifs (C(OH)–C–C–N with tert-alkyl or cyclic N) is 1. The van der Waals surface area contributed by atoms with Gasteiger partial charge in [0, 0.05) is 56.4 Å². The average molecular weight is 786 g/mol. The van der Waals surface area contributed by atoms with E-state index < -0.39 is 23.4 Å². The first kappa shape index (κ1) is 39.8. The van der Waals surface area contributed by atoms with Crippen molar-refractivity contribution in [3.63, 3.8) is 0 Å². The van der Waals surface area contributed by atoms with E-state index in [2.05, 4.69) is 65.4 Å². The zero-order valence-electron chi connectivity index (χ0n) is 32.0. The van der Waals surface area contributed by atoms with Gasteiger partial charge in [0.25, 0.3) is 0 Å². The van der Waals surface area contributed by atoms with Gasteiger partial charge in [0.1, 0.15) is 22.6 Å². The molecule has 3 aliphatic rings. The van der Waals surface area contributed by atoms with Gasteiger partial charge in [0.15, 0.2) is 11.4 Å². The highest BCUT2D eigenvalue weighted by molar-refractivity contribution is 6.27. The summed E-state index contributed by atoms with van der Waals surface area (Å²) in [6.07, 6.45) is 11.0. The average Bonchev–Trinajstić information content (AvgIpc) is 3.96. The minimum absolute atomic E-state index is 0.202. The topological polar surface area (TPSA) is 226 Å². The molecule has 4 atom stereocenters. The van der Waals surface area contributed by atoms with E-state index in [-0.39, 0.29) is 17.9 Å². The molecule has 5 N–H and O–H groups in total. The molecule has 2 fully saturated rings. The lowest BCUT2D eigenvalue weighted by atomic mass is 9.73. The van der Waals surface area contributed by atoms with Crippen LogP contribution in [0.2, 0.25) is 0 Å². The summed E-state index contributed by atoms with van der Waals surface area (Å²) in [5, 5.41) is 49.3. The number of aromatic nitrogens is 3. The third-order valence-corrected chi connectivity index (χ3v) is 11.1. The highest BCUT2D eigenvalue weighted by Crippen LogP contribution is 2.46. The van der Waals surface area contributed by atoms with Crippen molar-refractivity contribution < 1.29 is 39.2 Å². The smallest absolute Gasteiger partial charge is 0.414 e. The Kier molecular flexibility index (Phi) is 11.3. The van der Waals surface area contributed by atoms with Crippen LogP contribution in [0.3, 0.4) is 0 Å². The third-order valence-electron chi connectivity index (χ3n) is 11.1. The number of nitriles is 1. The molecule has 2 aliphatic heterocycles. The fourth-order valence-electron chi connectivity index (χ4n) is 8.09. The summed E-state index contributed by atoms with van der Waals surface area (Å²) in [4.78, 5) is 48.9. The Bertz CT molecular complexity index is 2500. The van der Waals surface area contributed by atoms with Gasteiger partial charge in [-0.25, -0.2) is 19.6 Å². The summed E-state index contributed by atoms with van der Waals surface area (Å²) in [5.74, 6) is -4.04. The number of nitrogens with zero attached hydrogens (tertiary/aromatic N) is 6. The molecule has 0 radical (unpaired) electrons. The van der Waals surface area contributed by atoms with Crippen molar-refractivity contribution >= 4 is 51.3 Å². The second-order valence-corrected chi connectivity index (χ2v) is 15.1. The maximum Gasteiger partial charge on any atom is 0.414 e. The maximum absolute atomic E-state index is 11.6. The number of aliphatic carboxylic acids is 3. The molecular weight excluding hydrogens is 743 g/mol. The number of hydrogen-bond acceptors (Lipinski definition) is 12. The van der Waals surface area contributed by atoms with Crippen molar-refractivity contribution in [3.8, 4) is 6.07 Å². The molecule has 5 aromatic rings. The number of carbonyl (C=O) groups is 3. The summed E-state index contributed by atoms with van der Waals surface area (Å²) in [6.45, 7) is 8.14. The van der Waals surface area contributed by atoms with E-state index in [4.69, 9.17) is 39.2 Å². The number of benzene rings is 2. The van der Waals surface area contributed by atoms with Crippen LogP contribution in [0.25, 0.3) is 27.6 Å². The Labute approximate surface area is 333 Å². The molecule has 0 amide bonds. The van der Waals surface area contributed by atoms with Crippen LogP contribution in [-0.4, -0.2) is 95.4 Å². The second kappa shape index (κ2) is 16.6. The molecule has 0 saturated carbocycles. The van der Waals surface area contributed by atoms with Gasteiger partial charge in [-0.2, -0.15) is 5.26 Å². The van der Waals surface area contributed by atoms with Crippen LogP contribution >= 0.6 is 0 Å². The Hall–Kier alpha value is -6.47. The number of anilines is 1. The highest BCUT2D eigenvalue weighted by atomic mass is 16.4. The van der Waals surface area contributed by atoms with E-state index in [1.807, 2.05) is 42.6 Å². The van der Waals surface area contributed by atoms with E-state index >= 15 is 0 Å². The van der Waals surface area contributed by atoms with E-state index in [1.54, 1.807) is 6.20 Å². The van der Waals surface area contributed by atoms with Crippen LogP contribution in [0.5, 0.6) is 0 Å². The van der Waals surface area contributed by atoms with Crippen LogP contribution < -0.4 is 5.32 Å². The molecule has 58 heavy (non-hydrogen) atoms. The summed E-state index contributed by atoms with van der Waals surface area (Å²) in [7, 11) is 0. The number of hydrogen-bond donors (Lipinski definition) is 5. The summed E-state index contributed by atoms with van der Waals surface area (Å²) in [6, 6.07) is 18.5. The molecule has 15 heteroatoms. The first-order chi connectivity index (χ1) is 27.8. The van der Waals surface area contributed by atoms with E-state index in [0.717, 1.165) is 46.2 Å². The zero-order valence-corrected chi connectivity index (χ0v) is 32.0. The van der Waals surface area contributed by atoms with Gasteiger partial charge in [-0.15, -0.1) is 0 Å². The van der Waals surface area contributed by atoms with Crippen molar-refractivity contribution in [2.45, 2.75) is 51.4 Å². The van der Waals surface area contributed by atoms with Crippen molar-refractivity contribution in [2.24, 2.45) is 11.8 Å². The van der Waals surface area contributed by atoms with E-state index in [1.165, 1.54) is 0 Å². The van der Waals surface area contributed by atoms with Gasteiger partial charge in [0.05, 0.1) is 17.6 Å². The van der Waals surface area contributed by atoms with Crippen molar-refractivity contribution in [1.29, 1.82) is 5.26 Å². The fourth-order valence-corrected chi connectivity index (χ4v) is 8.09. The number of aliphatic hydroxyl groups is 1. The fraction of sp³-hybridized carbons (Fsp3) is 0.326. The lowest BCUT2D eigenvalue weighted by Gasteiger charge is -2.39. The largest absolute Gasteiger partial charge is 0.481 e. The SMILES string of the molecule is Cc1ccccc1C1=CC=CC(Nc2nccc3cc(CN4CC[C@@H](O)C4)cnc23)(c2nc3cc(CN4CC[C@@H](C(=O)O)C4)cc(C#N)c3o2)C1C.O=C(O)C(=O)O. The Morgan fingerprint density at radius 3 is 2.41 bits per heavy atom. The summed E-state index contributed by atoms with van der Waals surface area (Å²) in [5.41, 5.74) is 6.34. The second-order valence-electron chi connectivity index (χ2n) is 15.1. The summed E-state index contributed by atoms with van der Waals surface area (Å²) < 4.78 is 6.64. The van der Waals surface area contributed by atoms with Crippen molar-refractivity contribution in [2.75, 3.05) is 31.5 Å². The minimum Gasteiger partial charge on any atom is -0.481 e. The predicted molar refractivity (Wildman–Crippen MR) is 213 cm³/mol. The standard InChI is InChI=1S/C41H41N7O4.C2H2O4/c1-25-6-3-4-7-33(25)34-8-5-12-41(26(34)2,46-38-36-29(9-13-43-38)17-28(20-44-36)22-48-15-11-32(49)24-48)40-45-35-18-27(16-31(19-42)37(35)52-40)21-47-14-10-30(23-47)39(50)51;3-1(4)2(5)6/h3-9,12-13,16-18,20,26,30,32,49H,10-11,14-15,21-24H2,1-2H3,(H,43,46)(H,50,51);(H,3,4)(H,5,6)/t26?,30-,32-,41?;/m1./s1. The lowest BCUT2D eigenvalue weighted by Crippen LogP contribution is -2.42. The van der Waals surface area contributed by atoms with Gasteiger partial charge in [-0.1, -0.05) is 43.3 Å². The normalized spacial score (nSPS) is 22.0. The number of carboxylic acids is 3. The van der Waals surface area contributed by atoms with Crippen LogP contribution in [0.1, 0.15) is 53.5 Å². The number of likely N-dealkylation sites (tertiary alicyclic amines) is 2. The molecule has 2 saturated heterocycles. The monoisotopic (exact) mass is 785 g/mol. The molecule has 2 aromatic carbocycles. The van der Waals surface area contributed by atoms with E-state index in [9.17, 15) is 20.3 Å². The number of aryl methyl sites for hydroxylation is 1. The number of carboxylic acid groups (broad SMARTS) is 3. The Balaban J connectivity index is 0.000000794. The van der Waals surface area contributed by atoms with Crippen LogP contribution in [0.15, 0.2) is 83.6 Å². The number of allylic oxidation sites excluding steroid dienone is 2. The van der Waals surface area contributed by atoms with Gasteiger partial charge in [-0.05, 0) is 84.5 Å². The number of fused-ring (bicyclic) bond motifs is 2. The lowest BCUT2D eigenvalue weighted by molar-refractivity contribution is -0.159. The molecule has 3 aromatic heterocycles. The number of aliphatic hydroxyl groups excluding tert-OH is 1. The number of pyridine rings is 2. The molecule has 15 nitrogen and oxygen atoms in total. The molecule has 0 spiro atoms. The maximum atomic E-state index is 11.6. The number of oxazole rings is 1. The van der Waals surface area contributed by atoms with Crippen molar-refractivity contribution in [3.05, 3.63) is 113 Å². The highest BCUT2D eigenvalue weighted by Gasteiger charge is 2.45. The molecule has 8 rings (SSSR count). The molecule has 0 bridgehead atoms. The molecule has 298 valence electrons. The van der Waals surface area contributed by atoms with E-state index in [0.29, 0.717) is 73.0 Å². The van der Waals surface area contributed by atoms with Crippen LogP contribution in [-0.2, 0) is 33.0 Å². The van der Waals surface area contributed by atoms with Gasteiger partial charge < -0.3 is 30.2 Å².